The van der Waals surface area contributed by atoms with E-state index in [0.717, 1.165) is 16.7 Å². The number of benzene rings is 2. The number of aromatic hydroxyl groups is 1. The predicted molar refractivity (Wildman–Crippen MR) is 112 cm³/mol. The molecule has 0 saturated carbocycles. The second-order valence-electron chi connectivity index (χ2n) is 6.89. The van der Waals surface area contributed by atoms with E-state index in [1.165, 1.54) is 23.3 Å². The molecule has 5 aromatic rings. The Morgan fingerprint density at radius 3 is 2.48 bits per heavy atom. The Hall–Kier alpha value is -4.53. The second kappa shape index (κ2) is 7.38. The molecule has 152 valence electrons. The summed E-state index contributed by atoms with van der Waals surface area (Å²) in [6.07, 6.45) is 4.01. The summed E-state index contributed by atoms with van der Waals surface area (Å²) < 4.78 is 2.84. The van der Waals surface area contributed by atoms with E-state index in [9.17, 15) is 9.90 Å². The van der Waals surface area contributed by atoms with Crippen LogP contribution in [0.4, 0.5) is 0 Å². The fraction of sp³-hybridized carbons (Fsp3) is 0.0455. The number of carboxylic acid groups (broad SMARTS) is 1. The summed E-state index contributed by atoms with van der Waals surface area (Å²) in [6, 6.07) is 18.0. The lowest BCUT2D eigenvalue weighted by Crippen LogP contribution is -2.06. The Morgan fingerprint density at radius 2 is 1.71 bits per heavy atom. The highest BCUT2D eigenvalue weighted by atomic mass is 16.4. The number of fused-ring (bicyclic) bond motifs is 1. The van der Waals surface area contributed by atoms with Crippen LogP contribution in [-0.2, 0) is 6.54 Å². The molecule has 2 aromatic carbocycles. The molecule has 0 fully saturated rings. The topological polar surface area (TPSA) is 119 Å². The minimum Gasteiger partial charge on any atom is -0.492 e. The van der Waals surface area contributed by atoms with E-state index >= 15 is 0 Å². The number of hydrogen-bond acceptors (Lipinski definition) is 6. The lowest BCUT2D eigenvalue weighted by molar-refractivity contribution is 0.0697. The molecule has 31 heavy (non-hydrogen) atoms. The summed E-state index contributed by atoms with van der Waals surface area (Å²) in [5.74, 6) is -1.31. The van der Waals surface area contributed by atoms with E-state index in [4.69, 9.17) is 5.11 Å². The Morgan fingerprint density at radius 1 is 0.935 bits per heavy atom. The molecule has 0 unspecified atom stereocenters. The zero-order valence-electron chi connectivity index (χ0n) is 16.1. The summed E-state index contributed by atoms with van der Waals surface area (Å²) in [6.45, 7) is 0.412. The van der Waals surface area contributed by atoms with Crippen molar-refractivity contribution < 1.29 is 15.0 Å². The molecule has 9 heteroatoms. The number of aromatic carboxylic acids is 1. The molecular weight excluding hydrogens is 396 g/mol. The third-order valence-electron chi connectivity index (χ3n) is 4.92. The van der Waals surface area contributed by atoms with Crippen LogP contribution in [-0.4, -0.2) is 45.7 Å². The van der Waals surface area contributed by atoms with Crippen molar-refractivity contribution >= 4 is 17.0 Å². The fourth-order valence-corrected chi connectivity index (χ4v) is 3.45. The van der Waals surface area contributed by atoms with Gasteiger partial charge in [-0.25, -0.2) is 14.5 Å². The van der Waals surface area contributed by atoms with Crippen molar-refractivity contribution in [3.63, 3.8) is 0 Å². The third-order valence-corrected chi connectivity index (χ3v) is 4.92. The van der Waals surface area contributed by atoms with Gasteiger partial charge >= 0.3 is 5.97 Å². The SMILES string of the molecule is O=C(O)c1cnn(-c2nc(O)c3c(cnn3Cc3ccccc3-c3ccccc3)n2)c1. The maximum absolute atomic E-state index is 11.1. The van der Waals surface area contributed by atoms with Crippen molar-refractivity contribution in [3.8, 4) is 23.0 Å². The molecule has 0 saturated heterocycles. The highest BCUT2D eigenvalue weighted by Crippen LogP contribution is 2.27. The van der Waals surface area contributed by atoms with E-state index in [1.807, 2.05) is 54.6 Å². The number of nitrogens with zero attached hydrogens (tertiary/aromatic N) is 6. The van der Waals surface area contributed by atoms with Gasteiger partial charge in [0.05, 0.1) is 24.5 Å². The average Bonchev–Trinajstić information content (AvgIpc) is 3.43. The summed E-state index contributed by atoms with van der Waals surface area (Å²) in [7, 11) is 0. The Kier molecular flexibility index (Phi) is 4.40. The van der Waals surface area contributed by atoms with Gasteiger partial charge in [0, 0.05) is 6.20 Å². The largest absolute Gasteiger partial charge is 0.492 e. The maximum atomic E-state index is 11.1. The monoisotopic (exact) mass is 412 g/mol. The maximum Gasteiger partial charge on any atom is 0.338 e. The first kappa shape index (κ1) is 18.5. The highest BCUT2D eigenvalue weighted by molar-refractivity contribution is 5.87. The lowest BCUT2D eigenvalue weighted by Gasteiger charge is -2.11. The molecule has 0 atom stereocenters. The summed E-state index contributed by atoms with van der Waals surface area (Å²) in [4.78, 5) is 19.5. The first-order chi connectivity index (χ1) is 15.1. The van der Waals surface area contributed by atoms with E-state index in [1.54, 1.807) is 4.68 Å². The van der Waals surface area contributed by atoms with Gasteiger partial charge in [0.15, 0.2) is 0 Å². The van der Waals surface area contributed by atoms with Gasteiger partial charge in [0.25, 0.3) is 5.95 Å². The standard InChI is InChI=1S/C22H16N6O3/c29-20-19-18(25-22(26-20)28-13-16(10-23-28)21(30)31)11-24-27(19)12-15-8-4-5-9-17(15)14-6-2-1-3-7-14/h1-11,13H,12H2,(H,30,31)(H,25,26,29). The van der Waals surface area contributed by atoms with Crippen LogP contribution in [0.3, 0.4) is 0 Å². The van der Waals surface area contributed by atoms with Gasteiger partial charge in [0.1, 0.15) is 11.0 Å². The van der Waals surface area contributed by atoms with Crippen molar-refractivity contribution in [2.24, 2.45) is 0 Å². The van der Waals surface area contributed by atoms with Crippen molar-refractivity contribution in [2.45, 2.75) is 6.54 Å². The van der Waals surface area contributed by atoms with Crippen LogP contribution < -0.4 is 0 Å². The van der Waals surface area contributed by atoms with Crippen molar-refractivity contribution in [2.75, 3.05) is 0 Å². The summed E-state index contributed by atoms with van der Waals surface area (Å²) in [5.41, 5.74) is 3.99. The first-order valence-corrected chi connectivity index (χ1v) is 9.44. The van der Waals surface area contributed by atoms with Crippen LogP contribution in [0.2, 0.25) is 0 Å². The molecule has 3 heterocycles. The minimum atomic E-state index is -1.11. The number of carboxylic acids is 1. The van der Waals surface area contributed by atoms with Crippen molar-refractivity contribution in [1.82, 2.24) is 29.5 Å². The smallest absolute Gasteiger partial charge is 0.338 e. The molecule has 2 N–H and O–H groups in total. The van der Waals surface area contributed by atoms with Gasteiger partial charge < -0.3 is 10.2 Å². The van der Waals surface area contributed by atoms with E-state index in [0.29, 0.717) is 17.6 Å². The number of hydrogen-bond donors (Lipinski definition) is 2. The van der Waals surface area contributed by atoms with Crippen LogP contribution in [0.1, 0.15) is 15.9 Å². The Labute approximate surface area is 175 Å². The number of rotatable bonds is 5. The zero-order valence-corrected chi connectivity index (χ0v) is 16.1. The van der Waals surface area contributed by atoms with Gasteiger partial charge in [-0.1, -0.05) is 54.6 Å². The highest BCUT2D eigenvalue weighted by Gasteiger charge is 2.17. The molecular formula is C22H16N6O3. The fourth-order valence-electron chi connectivity index (χ4n) is 3.45. The average molecular weight is 412 g/mol. The second-order valence-corrected chi connectivity index (χ2v) is 6.89. The molecule has 0 amide bonds. The van der Waals surface area contributed by atoms with E-state index in [2.05, 4.69) is 20.2 Å². The summed E-state index contributed by atoms with van der Waals surface area (Å²) in [5, 5.41) is 28.0. The predicted octanol–water partition coefficient (Wildman–Crippen LogP) is 3.13. The van der Waals surface area contributed by atoms with Crippen LogP contribution in [0.15, 0.2) is 73.2 Å². The van der Waals surface area contributed by atoms with Gasteiger partial charge in [0.2, 0.25) is 5.88 Å². The van der Waals surface area contributed by atoms with E-state index < -0.39 is 5.97 Å². The molecule has 0 aliphatic carbocycles. The van der Waals surface area contributed by atoms with Crippen LogP contribution >= 0.6 is 0 Å². The van der Waals surface area contributed by atoms with Gasteiger partial charge in [-0.3, -0.25) is 4.68 Å². The summed E-state index contributed by atoms with van der Waals surface area (Å²) >= 11 is 0. The Bertz CT molecular complexity index is 1410. The minimum absolute atomic E-state index is 0.00333. The lowest BCUT2D eigenvalue weighted by atomic mass is 10.00. The Balaban J connectivity index is 1.54. The van der Waals surface area contributed by atoms with Crippen LogP contribution in [0.25, 0.3) is 28.1 Å². The molecule has 3 aromatic heterocycles. The van der Waals surface area contributed by atoms with E-state index in [-0.39, 0.29) is 17.4 Å². The molecule has 0 aliphatic rings. The number of carbonyl (C=O) groups is 1. The van der Waals surface area contributed by atoms with Gasteiger partial charge in [-0.05, 0) is 16.7 Å². The first-order valence-electron chi connectivity index (χ1n) is 9.44. The molecule has 9 nitrogen and oxygen atoms in total. The molecule has 0 bridgehead atoms. The molecule has 0 radical (unpaired) electrons. The zero-order chi connectivity index (χ0) is 21.4. The van der Waals surface area contributed by atoms with Crippen molar-refractivity contribution in [3.05, 3.63) is 84.3 Å². The van der Waals surface area contributed by atoms with Crippen molar-refractivity contribution in [1.29, 1.82) is 0 Å². The molecule has 0 spiro atoms. The van der Waals surface area contributed by atoms with Gasteiger partial charge in [-0.15, -0.1) is 0 Å². The quantitative estimate of drug-likeness (QED) is 0.455. The van der Waals surface area contributed by atoms with Crippen LogP contribution in [0.5, 0.6) is 5.88 Å². The number of aromatic nitrogens is 6. The molecule has 0 aliphatic heterocycles. The van der Waals surface area contributed by atoms with Crippen LogP contribution in [0, 0.1) is 0 Å². The third kappa shape index (κ3) is 3.38. The normalized spacial score (nSPS) is 11.1. The van der Waals surface area contributed by atoms with Gasteiger partial charge in [-0.2, -0.15) is 15.2 Å². The molecule has 5 rings (SSSR count).